The monoisotopic (exact) mass is 486 g/mol. The second-order valence-corrected chi connectivity index (χ2v) is 11.4. The Kier molecular flexibility index (Phi) is 8.12. The topological polar surface area (TPSA) is 113 Å². The number of hydrogen-bond donors (Lipinski definition) is 2. The highest BCUT2D eigenvalue weighted by atomic mass is 32.2. The van der Waals surface area contributed by atoms with Crippen molar-refractivity contribution in [1.29, 1.82) is 0 Å². The molecule has 1 unspecified atom stereocenters. The zero-order valence-corrected chi connectivity index (χ0v) is 20.8. The average Bonchev–Trinajstić information content (AvgIpc) is 2.81. The third kappa shape index (κ3) is 6.02. The Morgan fingerprint density at radius 1 is 1.03 bits per heavy atom. The first kappa shape index (κ1) is 25.9. The maximum Gasteiger partial charge on any atom is 0.259 e. The van der Waals surface area contributed by atoms with Crippen LogP contribution in [-0.2, 0) is 26.0 Å². The van der Waals surface area contributed by atoms with Gasteiger partial charge in [-0.25, -0.2) is 8.42 Å². The minimum atomic E-state index is -3.88. The van der Waals surface area contributed by atoms with Crippen molar-refractivity contribution in [2.24, 2.45) is 5.73 Å². The van der Waals surface area contributed by atoms with E-state index in [4.69, 9.17) is 5.73 Å². The lowest BCUT2D eigenvalue weighted by molar-refractivity contribution is -0.130. The highest BCUT2D eigenvalue weighted by Crippen LogP contribution is 2.26. The standard InChI is InChI=1S/C25H34N4O4S/c1-25(2,3)21-12-10-20(11-13-21)24(31)28-16-7-17-29(23(28)22(30)27-15-14-26)34(32,33)18-19-8-5-4-6-9-19/h4-6,8-13,23H,7,14-18,26H2,1-3H3,(H,27,30). The maximum atomic E-state index is 13.5. The minimum absolute atomic E-state index is 0.0698. The SMILES string of the molecule is CC(C)(C)c1ccc(C(=O)N2CCCN(S(=O)(=O)Cc3ccccc3)C2C(=O)NCCN)cc1. The van der Waals surface area contributed by atoms with Crippen molar-refractivity contribution < 1.29 is 18.0 Å². The van der Waals surface area contributed by atoms with E-state index in [1.165, 1.54) is 4.90 Å². The molecule has 184 valence electrons. The van der Waals surface area contributed by atoms with Crippen molar-refractivity contribution in [2.45, 2.75) is 44.5 Å². The van der Waals surface area contributed by atoms with E-state index in [0.29, 0.717) is 17.5 Å². The summed E-state index contributed by atoms with van der Waals surface area (Å²) in [6.45, 7) is 7.08. The van der Waals surface area contributed by atoms with Gasteiger partial charge in [-0.1, -0.05) is 63.2 Å². The number of sulfonamides is 1. The molecule has 2 aromatic carbocycles. The highest BCUT2D eigenvalue weighted by Gasteiger charge is 2.43. The van der Waals surface area contributed by atoms with Crippen molar-refractivity contribution in [3.05, 3.63) is 71.3 Å². The molecule has 0 aliphatic carbocycles. The van der Waals surface area contributed by atoms with Gasteiger partial charge in [0.2, 0.25) is 10.0 Å². The quantitative estimate of drug-likeness (QED) is 0.622. The van der Waals surface area contributed by atoms with E-state index in [1.54, 1.807) is 36.4 Å². The lowest BCUT2D eigenvalue weighted by Crippen LogP contribution is -2.63. The molecule has 3 rings (SSSR count). The zero-order valence-electron chi connectivity index (χ0n) is 20.0. The average molecular weight is 487 g/mol. The molecule has 0 radical (unpaired) electrons. The van der Waals surface area contributed by atoms with Gasteiger partial charge in [-0.3, -0.25) is 9.59 Å². The fourth-order valence-electron chi connectivity index (χ4n) is 4.01. The van der Waals surface area contributed by atoms with Crippen LogP contribution in [0.2, 0.25) is 0 Å². The minimum Gasteiger partial charge on any atom is -0.352 e. The number of carbonyl (C=O) groups excluding carboxylic acids is 2. The predicted molar refractivity (Wildman–Crippen MR) is 132 cm³/mol. The summed E-state index contributed by atoms with van der Waals surface area (Å²) in [4.78, 5) is 28.0. The van der Waals surface area contributed by atoms with Crippen molar-refractivity contribution in [1.82, 2.24) is 14.5 Å². The van der Waals surface area contributed by atoms with Crippen molar-refractivity contribution >= 4 is 21.8 Å². The van der Waals surface area contributed by atoms with Gasteiger partial charge in [0.25, 0.3) is 11.8 Å². The van der Waals surface area contributed by atoms with Crippen molar-refractivity contribution in [3.8, 4) is 0 Å². The van der Waals surface area contributed by atoms with E-state index >= 15 is 0 Å². The van der Waals surface area contributed by atoms with Gasteiger partial charge in [-0.15, -0.1) is 0 Å². The second kappa shape index (κ2) is 10.7. The van der Waals surface area contributed by atoms with E-state index < -0.39 is 22.1 Å². The number of amides is 2. The molecule has 2 amide bonds. The molecule has 2 aromatic rings. The molecule has 8 nitrogen and oxygen atoms in total. The molecule has 9 heteroatoms. The van der Waals surface area contributed by atoms with Gasteiger partial charge < -0.3 is 16.0 Å². The van der Waals surface area contributed by atoms with Crippen LogP contribution >= 0.6 is 0 Å². The number of carbonyl (C=O) groups is 2. The van der Waals surface area contributed by atoms with Gasteiger partial charge in [0.1, 0.15) is 0 Å². The Morgan fingerprint density at radius 3 is 2.26 bits per heavy atom. The first-order valence-corrected chi connectivity index (χ1v) is 13.1. The van der Waals surface area contributed by atoms with Gasteiger partial charge in [0, 0.05) is 31.7 Å². The van der Waals surface area contributed by atoms with Gasteiger partial charge >= 0.3 is 0 Å². The number of hydrogen-bond acceptors (Lipinski definition) is 5. The van der Waals surface area contributed by atoms with E-state index in [-0.39, 0.29) is 43.3 Å². The Morgan fingerprint density at radius 2 is 1.68 bits per heavy atom. The maximum absolute atomic E-state index is 13.5. The van der Waals surface area contributed by atoms with Crippen LogP contribution in [0.1, 0.15) is 48.7 Å². The fourth-order valence-corrected chi connectivity index (χ4v) is 5.71. The number of nitrogens with two attached hydrogens (primary N) is 1. The lowest BCUT2D eigenvalue weighted by atomic mass is 9.86. The van der Waals surface area contributed by atoms with Crippen LogP contribution in [0.5, 0.6) is 0 Å². The summed E-state index contributed by atoms with van der Waals surface area (Å²) in [5.74, 6) is -1.19. The number of benzene rings is 2. The molecule has 1 aliphatic heterocycles. The summed E-state index contributed by atoms with van der Waals surface area (Å²) in [5, 5.41) is 2.67. The van der Waals surface area contributed by atoms with Crippen LogP contribution in [0.3, 0.4) is 0 Å². The van der Waals surface area contributed by atoms with Crippen LogP contribution in [0.25, 0.3) is 0 Å². The predicted octanol–water partition coefficient (Wildman–Crippen LogP) is 2.06. The Labute approximate surface area is 202 Å². The highest BCUT2D eigenvalue weighted by molar-refractivity contribution is 7.88. The fraction of sp³-hybridized carbons (Fsp3) is 0.440. The van der Waals surface area contributed by atoms with Crippen LogP contribution in [-0.4, -0.2) is 61.8 Å². The first-order chi connectivity index (χ1) is 16.0. The molecule has 34 heavy (non-hydrogen) atoms. The van der Waals surface area contributed by atoms with Gasteiger partial charge in [0.15, 0.2) is 6.17 Å². The van der Waals surface area contributed by atoms with E-state index in [9.17, 15) is 18.0 Å². The summed E-state index contributed by atoms with van der Waals surface area (Å²) in [5.41, 5.74) is 7.57. The normalized spacial score (nSPS) is 17.4. The van der Waals surface area contributed by atoms with Crippen LogP contribution in [0.15, 0.2) is 54.6 Å². The van der Waals surface area contributed by atoms with Crippen molar-refractivity contribution in [2.75, 3.05) is 26.2 Å². The summed E-state index contributed by atoms with van der Waals surface area (Å²) in [6.07, 6.45) is -0.843. The first-order valence-electron chi connectivity index (χ1n) is 11.5. The molecule has 3 N–H and O–H groups in total. The van der Waals surface area contributed by atoms with Crippen LogP contribution in [0.4, 0.5) is 0 Å². The number of nitrogens with zero attached hydrogens (tertiary/aromatic N) is 2. The van der Waals surface area contributed by atoms with Crippen molar-refractivity contribution in [3.63, 3.8) is 0 Å². The third-order valence-electron chi connectivity index (χ3n) is 5.83. The Bertz CT molecular complexity index is 1100. The molecule has 0 bridgehead atoms. The molecule has 1 heterocycles. The summed E-state index contributed by atoms with van der Waals surface area (Å²) in [7, 11) is -3.88. The zero-order chi connectivity index (χ0) is 24.9. The van der Waals surface area contributed by atoms with Gasteiger partial charge in [-0.05, 0) is 35.1 Å². The molecule has 0 saturated carbocycles. The lowest BCUT2D eigenvalue weighted by Gasteiger charge is -2.42. The molecule has 0 spiro atoms. The summed E-state index contributed by atoms with van der Waals surface area (Å²) in [6, 6.07) is 16.0. The largest absolute Gasteiger partial charge is 0.352 e. The summed E-state index contributed by atoms with van der Waals surface area (Å²) >= 11 is 0. The molecule has 1 aliphatic rings. The van der Waals surface area contributed by atoms with E-state index in [2.05, 4.69) is 26.1 Å². The molecule has 1 fully saturated rings. The molecule has 0 aromatic heterocycles. The Hall–Kier alpha value is -2.75. The van der Waals surface area contributed by atoms with E-state index in [0.717, 1.165) is 9.87 Å². The second-order valence-electron chi connectivity index (χ2n) is 9.49. The van der Waals surface area contributed by atoms with Gasteiger partial charge in [-0.2, -0.15) is 4.31 Å². The molecule has 1 atom stereocenters. The Balaban J connectivity index is 1.93. The summed E-state index contributed by atoms with van der Waals surface area (Å²) < 4.78 is 27.9. The smallest absolute Gasteiger partial charge is 0.259 e. The molecular weight excluding hydrogens is 452 g/mol. The molecular formula is C25H34N4O4S. The van der Waals surface area contributed by atoms with Crippen LogP contribution < -0.4 is 11.1 Å². The van der Waals surface area contributed by atoms with Crippen LogP contribution in [0, 0.1) is 0 Å². The number of nitrogens with one attached hydrogen (secondary N) is 1. The molecule has 1 saturated heterocycles. The van der Waals surface area contributed by atoms with E-state index in [1.807, 2.05) is 18.2 Å². The third-order valence-corrected chi connectivity index (χ3v) is 7.63. The number of rotatable bonds is 7. The van der Waals surface area contributed by atoms with Gasteiger partial charge in [0.05, 0.1) is 5.75 Å².